The Balaban J connectivity index is 2.30. The van der Waals surface area contributed by atoms with Crippen molar-refractivity contribution in [1.82, 2.24) is 0 Å². The molecule has 1 saturated carbocycles. The number of fused-ring (bicyclic) bond motifs is 1. The zero-order chi connectivity index (χ0) is 25.3. The molecule has 2 fully saturated rings. The van der Waals surface area contributed by atoms with Crippen LogP contribution in [0.3, 0.4) is 0 Å². The molecular weight excluding hydrogens is 428 g/mol. The van der Waals surface area contributed by atoms with Crippen LogP contribution in [-0.4, -0.2) is 69.0 Å². The van der Waals surface area contributed by atoms with Crippen molar-refractivity contribution in [1.29, 1.82) is 0 Å². The number of aliphatic hydroxyl groups is 3. The maximum atomic E-state index is 12.5. The van der Waals surface area contributed by atoms with E-state index in [1.807, 2.05) is 0 Å². The van der Waals surface area contributed by atoms with Gasteiger partial charge in [-0.25, -0.2) is 9.59 Å². The van der Waals surface area contributed by atoms with Crippen LogP contribution in [0.15, 0.2) is 35.5 Å². The summed E-state index contributed by atoms with van der Waals surface area (Å²) in [6.45, 7) is 15.4. The van der Waals surface area contributed by atoms with Crippen molar-refractivity contribution < 1.29 is 39.1 Å². The zero-order valence-corrected chi connectivity index (χ0v) is 20.6. The fourth-order valence-corrected chi connectivity index (χ4v) is 3.95. The SMILES string of the molecule is C=C(C(CC(O)C(C)(C)O)OC(=O)/C(C)=C\C)[C@H]1C[C@H]2O[C@@]2(C)[C@H](OC(=O)/C(C)=C\C)[C@@H]1O. The summed E-state index contributed by atoms with van der Waals surface area (Å²) in [7, 11) is 0. The molecule has 7 atom stereocenters. The van der Waals surface area contributed by atoms with Crippen LogP contribution in [0.5, 0.6) is 0 Å². The number of allylic oxidation sites excluding steroid dienone is 2. The molecule has 0 bridgehead atoms. The van der Waals surface area contributed by atoms with E-state index >= 15 is 0 Å². The second-order valence-electron chi connectivity index (χ2n) is 9.77. The number of hydrogen-bond acceptors (Lipinski definition) is 8. The van der Waals surface area contributed by atoms with Crippen molar-refractivity contribution in [2.75, 3.05) is 0 Å². The Kier molecular flexibility index (Phi) is 8.33. The quantitative estimate of drug-likeness (QED) is 0.205. The van der Waals surface area contributed by atoms with Crippen LogP contribution in [0.25, 0.3) is 0 Å². The van der Waals surface area contributed by atoms with Gasteiger partial charge in [-0.3, -0.25) is 0 Å². The van der Waals surface area contributed by atoms with Gasteiger partial charge in [-0.2, -0.15) is 0 Å². The first-order chi connectivity index (χ1) is 15.2. The standard InChI is InChI=1S/C25H38O8/c1-9-13(3)22(28)31-17(12-18(26)24(6,7)30)15(5)16-11-19-25(8,33-19)21(20(16)27)32-23(29)14(4)10-2/h9-10,16-21,26-27,30H,5,11-12H2,1-4,6-8H3/b13-9-,14-10-/t16-,17?,18?,19-,20-,21-,25-/m1/s1. The van der Waals surface area contributed by atoms with Gasteiger partial charge in [0, 0.05) is 23.5 Å². The molecule has 0 aromatic carbocycles. The minimum Gasteiger partial charge on any atom is -0.454 e. The molecule has 1 saturated heterocycles. The van der Waals surface area contributed by atoms with Gasteiger partial charge in [-0.1, -0.05) is 18.7 Å². The Morgan fingerprint density at radius 1 is 1.21 bits per heavy atom. The third kappa shape index (κ3) is 5.93. The summed E-state index contributed by atoms with van der Waals surface area (Å²) in [4.78, 5) is 24.9. The van der Waals surface area contributed by atoms with E-state index in [9.17, 15) is 24.9 Å². The van der Waals surface area contributed by atoms with Gasteiger partial charge in [0.25, 0.3) is 0 Å². The van der Waals surface area contributed by atoms with Crippen LogP contribution in [-0.2, 0) is 23.8 Å². The highest BCUT2D eigenvalue weighted by Gasteiger charge is 2.67. The molecular formula is C25H38O8. The van der Waals surface area contributed by atoms with E-state index in [1.54, 1.807) is 46.8 Å². The van der Waals surface area contributed by atoms with Crippen LogP contribution in [0.1, 0.15) is 61.3 Å². The summed E-state index contributed by atoms with van der Waals surface area (Å²) >= 11 is 0. The monoisotopic (exact) mass is 466 g/mol. The first kappa shape index (κ1) is 27.2. The lowest BCUT2D eigenvalue weighted by Crippen LogP contribution is -2.52. The molecule has 0 spiro atoms. The summed E-state index contributed by atoms with van der Waals surface area (Å²) < 4.78 is 17.0. The lowest BCUT2D eigenvalue weighted by atomic mass is 9.73. The molecule has 186 valence electrons. The van der Waals surface area contributed by atoms with E-state index in [2.05, 4.69) is 6.58 Å². The van der Waals surface area contributed by atoms with Crippen molar-refractivity contribution in [3.8, 4) is 0 Å². The third-order valence-electron chi connectivity index (χ3n) is 6.87. The average Bonchev–Trinajstić information content (AvgIpc) is 3.43. The number of carbonyl (C=O) groups excluding carboxylic acids is 2. The molecule has 0 aromatic heterocycles. The normalized spacial score (nSPS) is 31.8. The molecule has 2 aliphatic rings. The van der Waals surface area contributed by atoms with Crippen LogP contribution in [0.4, 0.5) is 0 Å². The summed E-state index contributed by atoms with van der Waals surface area (Å²) in [6.07, 6.45) is -1.05. The van der Waals surface area contributed by atoms with Crippen LogP contribution in [0, 0.1) is 5.92 Å². The Morgan fingerprint density at radius 3 is 2.27 bits per heavy atom. The molecule has 33 heavy (non-hydrogen) atoms. The van der Waals surface area contributed by atoms with E-state index in [1.165, 1.54) is 13.8 Å². The van der Waals surface area contributed by atoms with E-state index < -0.39 is 53.5 Å². The summed E-state index contributed by atoms with van der Waals surface area (Å²) in [5.74, 6) is -1.75. The molecule has 3 N–H and O–H groups in total. The first-order valence-electron chi connectivity index (χ1n) is 11.3. The summed E-state index contributed by atoms with van der Waals surface area (Å²) in [5, 5.41) is 31.9. The predicted molar refractivity (Wildman–Crippen MR) is 122 cm³/mol. The Bertz CT molecular complexity index is 836. The highest BCUT2D eigenvalue weighted by Crippen LogP contribution is 2.52. The van der Waals surface area contributed by atoms with E-state index in [0.717, 1.165) is 0 Å². The number of epoxide rings is 1. The molecule has 2 unspecified atom stereocenters. The zero-order valence-electron chi connectivity index (χ0n) is 20.6. The van der Waals surface area contributed by atoms with Gasteiger partial charge in [-0.15, -0.1) is 0 Å². The van der Waals surface area contributed by atoms with Gasteiger partial charge in [-0.05, 0) is 60.5 Å². The van der Waals surface area contributed by atoms with E-state index in [-0.39, 0.29) is 12.5 Å². The van der Waals surface area contributed by atoms with Gasteiger partial charge in [0.05, 0.1) is 17.8 Å². The van der Waals surface area contributed by atoms with Crippen LogP contribution in [0.2, 0.25) is 0 Å². The molecule has 8 heteroatoms. The number of rotatable bonds is 9. The number of esters is 2. The van der Waals surface area contributed by atoms with Gasteiger partial charge < -0.3 is 29.5 Å². The molecule has 0 aromatic rings. The number of hydrogen-bond donors (Lipinski definition) is 3. The Morgan fingerprint density at radius 2 is 1.76 bits per heavy atom. The van der Waals surface area contributed by atoms with Gasteiger partial charge >= 0.3 is 11.9 Å². The highest BCUT2D eigenvalue weighted by molar-refractivity contribution is 5.88. The van der Waals surface area contributed by atoms with Crippen molar-refractivity contribution in [2.24, 2.45) is 5.92 Å². The van der Waals surface area contributed by atoms with Crippen molar-refractivity contribution in [2.45, 2.75) is 103 Å². The Hall–Kier alpha value is -2.00. The van der Waals surface area contributed by atoms with Gasteiger partial charge in [0.1, 0.15) is 17.8 Å². The second kappa shape index (κ2) is 10.1. The minimum absolute atomic E-state index is 0.112. The smallest absolute Gasteiger partial charge is 0.333 e. The molecule has 1 heterocycles. The molecule has 0 radical (unpaired) electrons. The first-order valence-corrected chi connectivity index (χ1v) is 11.3. The number of aliphatic hydroxyl groups excluding tert-OH is 2. The summed E-state index contributed by atoms with van der Waals surface area (Å²) in [6, 6.07) is 0. The molecule has 2 rings (SSSR count). The average molecular weight is 467 g/mol. The van der Waals surface area contributed by atoms with E-state index in [4.69, 9.17) is 14.2 Å². The van der Waals surface area contributed by atoms with Gasteiger partial charge in [0.2, 0.25) is 0 Å². The van der Waals surface area contributed by atoms with Crippen molar-refractivity contribution >= 4 is 11.9 Å². The maximum absolute atomic E-state index is 12.5. The van der Waals surface area contributed by atoms with Crippen molar-refractivity contribution in [3.05, 3.63) is 35.5 Å². The molecule has 1 aliphatic heterocycles. The summed E-state index contributed by atoms with van der Waals surface area (Å²) in [5.41, 5.74) is -1.09. The van der Waals surface area contributed by atoms with Crippen molar-refractivity contribution in [3.63, 3.8) is 0 Å². The number of carbonyl (C=O) groups is 2. The molecule has 8 nitrogen and oxygen atoms in total. The topological polar surface area (TPSA) is 126 Å². The van der Waals surface area contributed by atoms with Gasteiger partial charge in [0.15, 0.2) is 6.10 Å². The largest absolute Gasteiger partial charge is 0.454 e. The predicted octanol–water partition coefficient (Wildman–Crippen LogP) is 2.36. The van der Waals surface area contributed by atoms with Crippen LogP contribution < -0.4 is 0 Å². The molecule has 1 aliphatic carbocycles. The third-order valence-corrected chi connectivity index (χ3v) is 6.87. The lowest BCUT2D eigenvalue weighted by Gasteiger charge is -2.39. The fourth-order valence-electron chi connectivity index (χ4n) is 3.95. The fraction of sp³-hybridized carbons (Fsp3) is 0.680. The second-order valence-corrected chi connectivity index (χ2v) is 9.77. The number of ether oxygens (including phenoxy) is 3. The molecule has 0 amide bonds. The maximum Gasteiger partial charge on any atom is 0.333 e. The Labute approximate surface area is 195 Å². The lowest BCUT2D eigenvalue weighted by molar-refractivity contribution is -0.160. The van der Waals surface area contributed by atoms with Crippen LogP contribution >= 0.6 is 0 Å². The van der Waals surface area contributed by atoms with E-state index in [0.29, 0.717) is 23.1 Å². The highest BCUT2D eigenvalue weighted by atomic mass is 16.7. The minimum atomic E-state index is -1.44.